The molecule has 0 atom stereocenters. The van der Waals surface area contributed by atoms with Gasteiger partial charge in [-0.3, -0.25) is 14.1 Å². The average molecular weight is 412 g/mol. The first-order valence-electron chi connectivity index (χ1n) is 10.0. The van der Waals surface area contributed by atoms with Crippen LogP contribution in [0.5, 0.6) is 0 Å². The van der Waals surface area contributed by atoms with E-state index in [9.17, 15) is 0 Å². The Bertz CT molecular complexity index is 1100. The van der Waals surface area contributed by atoms with Crippen molar-refractivity contribution in [3.63, 3.8) is 0 Å². The third-order valence-electron chi connectivity index (χ3n) is 5.72. The van der Waals surface area contributed by atoms with Gasteiger partial charge in [-0.05, 0) is 25.1 Å². The highest BCUT2D eigenvalue weighted by Gasteiger charge is 2.30. The third kappa shape index (κ3) is 3.36. The molecule has 29 heavy (non-hydrogen) atoms. The summed E-state index contributed by atoms with van der Waals surface area (Å²) in [5.74, 6) is 2.65. The summed E-state index contributed by atoms with van der Waals surface area (Å²) in [6.45, 7) is 8.98. The highest BCUT2D eigenvalue weighted by atomic mass is 32.1. The van der Waals surface area contributed by atoms with Crippen LogP contribution in [0.2, 0.25) is 0 Å². The first-order valence-corrected chi connectivity index (χ1v) is 10.4. The largest absolute Gasteiger partial charge is 0.353 e. The molecule has 3 aromatic rings. The molecule has 10 heteroatoms. The second-order valence-electron chi connectivity index (χ2n) is 7.76. The zero-order valence-corrected chi connectivity index (χ0v) is 17.4. The number of hydrogen-bond acceptors (Lipinski definition) is 7. The van der Waals surface area contributed by atoms with E-state index in [1.165, 1.54) is 12.8 Å². The SMILES string of the molecule is C=CCn1c(C2CC2)nn(CN2CCN(c3ncnc4c3cnn4C)CC2)c1=S. The van der Waals surface area contributed by atoms with Gasteiger partial charge in [0.2, 0.25) is 0 Å². The van der Waals surface area contributed by atoms with Crippen LogP contribution >= 0.6 is 12.2 Å². The number of fused-ring (bicyclic) bond motifs is 1. The maximum Gasteiger partial charge on any atom is 0.199 e. The molecular weight excluding hydrogens is 386 g/mol. The number of hydrogen-bond donors (Lipinski definition) is 0. The first kappa shape index (κ1) is 18.4. The molecule has 2 aliphatic rings. The summed E-state index contributed by atoms with van der Waals surface area (Å²) in [7, 11) is 1.90. The summed E-state index contributed by atoms with van der Waals surface area (Å²) < 4.78 is 6.69. The summed E-state index contributed by atoms with van der Waals surface area (Å²) >= 11 is 5.70. The minimum absolute atomic E-state index is 0.564. The van der Waals surface area contributed by atoms with Gasteiger partial charge in [0, 0.05) is 45.7 Å². The lowest BCUT2D eigenvalue weighted by molar-refractivity contribution is 0.193. The molecule has 2 fully saturated rings. The molecule has 5 rings (SSSR count). The molecule has 0 aromatic carbocycles. The van der Waals surface area contributed by atoms with Crippen LogP contribution in [-0.2, 0) is 20.3 Å². The lowest BCUT2D eigenvalue weighted by atomic mass is 10.3. The van der Waals surface area contributed by atoms with Crippen LogP contribution in [0.25, 0.3) is 11.0 Å². The van der Waals surface area contributed by atoms with Crippen molar-refractivity contribution < 1.29 is 0 Å². The molecular formula is C19H25N9S. The van der Waals surface area contributed by atoms with Crippen LogP contribution in [0, 0.1) is 4.77 Å². The summed E-state index contributed by atoms with van der Waals surface area (Å²) in [6, 6.07) is 0. The number of allylic oxidation sites excluding steroid dienone is 1. The molecule has 0 radical (unpaired) electrons. The van der Waals surface area contributed by atoms with Crippen molar-refractivity contribution in [2.45, 2.75) is 32.0 Å². The lowest BCUT2D eigenvalue weighted by Crippen LogP contribution is -2.47. The minimum atomic E-state index is 0.564. The van der Waals surface area contributed by atoms with Crippen LogP contribution in [0.4, 0.5) is 5.82 Å². The van der Waals surface area contributed by atoms with Crippen molar-refractivity contribution in [1.82, 2.24) is 39.0 Å². The van der Waals surface area contributed by atoms with Gasteiger partial charge in [-0.15, -0.1) is 6.58 Å². The normalized spacial score (nSPS) is 17.9. The third-order valence-corrected chi connectivity index (χ3v) is 6.15. The van der Waals surface area contributed by atoms with Gasteiger partial charge >= 0.3 is 0 Å². The molecule has 0 unspecified atom stereocenters. The Morgan fingerprint density at radius 1 is 1.21 bits per heavy atom. The monoisotopic (exact) mass is 411 g/mol. The van der Waals surface area contributed by atoms with Crippen molar-refractivity contribution in [3.8, 4) is 0 Å². The highest BCUT2D eigenvalue weighted by molar-refractivity contribution is 7.71. The van der Waals surface area contributed by atoms with Crippen molar-refractivity contribution in [2.75, 3.05) is 31.1 Å². The Labute approximate surface area is 174 Å². The van der Waals surface area contributed by atoms with Crippen LogP contribution in [0.1, 0.15) is 24.6 Å². The molecule has 152 valence electrons. The van der Waals surface area contributed by atoms with E-state index in [1.54, 1.807) is 11.0 Å². The van der Waals surface area contributed by atoms with Crippen molar-refractivity contribution >= 4 is 29.1 Å². The van der Waals surface area contributed by atoms with Crippen LogP contribution < -0.4 is 4.90 Å². The van der Waals surface area contributed by atoms with Crippen molar-refractivity contribution in [1.29, 1.82) is 0 Å². The van der Waals surface area contributed by atoms with Gasteiger partial charge in [-0.2, -0.15) is 10.2 Å². The summed E-state index contributed by atoms with van der Waals surface area (Å²) in [5.41, 5.74) is 0.865. The van der Waals surface area contributed by atoms with E-state index in [-0.39, 0.29) is 0 Å². The molecule has 0 spiro atoms. The van der Waals surface area contributed by atoms with E-state index in [0.717, 1.165) is 66.8 Å². The molecule has 3 aromatic heterocycles. The number of piperazine rings is 1. The molecule has 0 amide bonds. The molecule has 1 saturated heterocycles. The fraction of sp³-hybridized carbons (Fsp3) is 0.526. The van der Waals surface area contributed by atoms with Crippen molar-refractivity contribution in [2.24, 2.45) is 7.05 Å². The summed E-state index contributed by atoms with van der Waals surface area (Å²) in [6.07, 6.45) is 7.79. The van der Waals surface area contributed by atoms with Gasteiger partial charge in [-0.1, -0.05) is 6.08 Å². The Hall–Kier alpha value is -2.59. The van der Waals surface area contributed by atoms with Crippen LogP contribution in [-0.4, -0.2) is 65.2 Å². The van der Waals surface area contributed by atoms with Crippen LogP contribution in [0.15, 0.2) is 25.2 Å². The lowest BCUT2D eigenvalue weighted by Gasteiger charge is -2.35. The topological polar surface area (TPSA) is 72.8 Å². The maximum atomic E-state index is 5.70. The predicted octanol–water partition coefficient (Wildman–Crippen LogP) is 1.93. The first-order chi connectivity index (χ1) is 14.2. The molecule has 0 bridgehead atoms. The van der Waals surface area contributed by atoms with Gasteiger partial charge < -0.3 is 4.90 Å². The van der Waals surface area contributed by atoms with Gasteiger partial charge in [-0.25, -0.2) is 14.6 Å². The van der Waals surface area contributed by atoms with Gasteiger partial charge in [0.1, 0.15) is 18.0 Å². The van der Waals surface area contributed by atoms with Crippen LogP contribution in [0.3, 0.4) is 0 Å². The molecule has 9 nitrogen and oxygen atoms in total. The standard InChI is InChI=1S/C19H25N9S/c1-3-6-27-16(14-4-5-14)23-28(19(27)29)13-25-7-9-26(10-8-25)18-15-11-22-24(2)17(15)20-12-21-18/h3,11-12,14H,1,4-10,13H2,2H3. The van der Waals surface area contributed by atoms with Gasteiger partial charge in [0.15, 0.2) is 10.4 Å². The van der Waals surface area contributed by atoms with Gasteiger partial charge in [0.25, 0.3) is 0 Å². The number of rotatable bonds is 6. The molecule has 0 N–H and O–H groups in total. The number of anilines is 1. The van der Waals surface area contributed by atoms with E-state index < -0.39 is 0 Å². The van der Waals surface area contributed by atoms with Crippen molar-refractivity contribution in [3.05, 3.63) is 35.8 Å². The van der Waals surface area contributed by atoms with E-state index in [1.807, 2.05) is 24.0 Å². The Balaban J connectivity index is 1.30. The zero-order chi connectivity index (χ0) is 20.0. The van der Waals surface area contributed by atoms with E-state index in [0.29, 0.717) is 5.92 Å². The summed E-state index contributed by atoms with van der Waals surface area (Å²) in [5, 5.41) is 10.2. The molecule has 1 saturated carbocycles. The van der Waals surface area contributed by atoms with Gasteiger partial charge in [0.05, 0.1) is 18.3 Å². The number of aryl methyl sites for hydroxylation is 1. The maximum absolute atomic E-state index is 5.70. The molecule has 4 heterocycles. The Morgan fingerprint density at radius 3 is 2.72 bits per heavy atom. The fourth-order valence-electron chi connectivity index (χ4n) is 3.99. The zero-order valence-electron chi connectivity index (χ0n) is 16.6. The fourth-order valence-corrected chi connectivity index (χ4v) is 4.25. The predicted molar refractivity (Wildman–Crippen MR) is 113 cm³/mol. The van der Waals surface area contributed by atoms with E-state index in [4.69, 9.17) is 17.3 Å². The second kappa shape index (κ2) is 7.34. The molecule has 1 aliphatic heterocycles. The van der Waals surface area contributed by atoms with E-state index >= 15 is 0 Å². The minimum Gasteiger partial charge on any atom is -0.353 e. The number of nitrogens with zero attached hydrogens (tertiary/aromatic N) is 9. The molecule has 1 aliphatic carbocycles. The average Bonchev–Trinajstić information content (AvgIpc) is 3.45. The van der Waals surface area contributed by atoms with E-state index in [2.05, 4.69) is 36.0 Å². The highest BCUT2D eigenvalue weighted by Crippen LogP contribution is 2.39. The number of aromatic nitrogens is 7. The smallest absolute Gasteiger partial charge is 0.199 e. The Morgan fingerprint density at radius 2 is 2.00 bits per heavy atom. The second-order valence-corrected chi connectivity index (χ2v) is 8.13. The quantitative estimate of drug-likeness (QED) is 0.453. The summed E-state index contributed by atoms with van der Waals surface area (Å²) in [4.78, 5) is 13.6. The Kier molecular flexibility index (Phi) is 4.67.